The van der Waals surface area contributed by atoms with Gasteiger partial charge in [0.05, 0.1) is 5.60 Å². The van der Waals surface area contributed by atoms with Gasteiger partial charge in [0, 0.05) is 12.5 Å². The van der Waals surface area contributed by atoms with Crippen LogP contribution in [0, 0.1) is 6.92 Å². The largest absolute Gasteiger partial charge is 0.385 e. The van der Waals surface area contributed by atoms with Crippen molar-refractivity contribution in [1.82, 2.24) is 14.8 Å². The number of rotatable bonds is 3. The molecule has 0 bridgehead atoms. The van der Waals surface area contributed by atoms with Gasteiger partial charge in [-0.1, -0.05) is 23.8 Å². The van der Waals surface area contributed by atoms with Crippen LogP contribution in [0.3, 0.4) is 0 Å². The fourth-order valence-corrected chi connectivity index (χ4v) is 3.09. The lowest BCUT2D eigenvalue weighted by Gasteiger charge is -2.24. The van der Waals surface area contributed by atoms with E-state index in [4.69, 9.17) is 0 Å². The molecule has 0 fully saturated rings. The van der Waals surface area contributed by atoms with Gasteiger partial charge in [0.2, 0.25) is 0 Å². The van der Waals surface area contributed by atoms with Crippen LogP contribution in [0.4, 0.5) is 0 Å². The summed E-state index contributed by atoms with van der Waals surface area (Å²) in [5, 5.41) is 15.3. The number of fused-ring (bicyclic) bond motifs is 1. The molecule has 0 spiro atoms. The molecule has 0 radical (unpaired) electrons. The second-order valence-corrected chi connectivity index (χ2v) is 6.08. The predicted molar refractivity (Wildman–Crippen MR) is 77.5 cm³/mol. The maximum Gasteiger partial charge on any atom is 0.138 e. The molecule has 20 heavy (non-hydrogen) atoms. The number of aryl methyl sites for hydroxylation is 2. The molecule has 1 aliphatic rings. The summed E-state index contributed by atoms with van der Waals surface area (Å²) in [6.45, 7) is 6.22. The van der Waals surface area contributed by atoms with E-state index < -0.39 is 5.60 Å². The third-order valence-electron chi connectivity index (χ3n) is 4.16. The van der Waals surface area contributed by atoms with Gasteiger partial charge < -0.3 is 5.11 Å². The topological polar surface area (TPSA) is 50.9 Å². The second-order valence-electron chi connectivity index (χ2n) is 6.08. The Balaban J connectivity index is 1.96. The van der Waals surface area contributed by atoms with E-state index in [0.717, 1.165) is 24.2 Å². The molecule has 1 aromatic carbocycles. The van der Waals surface area contributed by atoms with E-state index in [-0.39, 0.29) is 6.04 Å². The van der Waals surface area contributed by atoms with Gasteiger partial charge >= 0.3 is 0 Å². The Hall–Kier alpha value is -1.68. The summed E-state index contributed by atoms with van der Waals surface area (Å²) in [6.07, 6.45) is 3.80. The number of hydrogen-bond acceptors (Lipinski definition) is 3. The number of hydrogen-bond donors (Lipinski definition) is 1. The Morgan fingerprint density at radius 1 is 1.40 bits per heavy atom. The van der Waals surface area contributed by atoms with E-state index in [1.807, 2.05) is 4.68 Å². The Bertz CT molecular complexity index is 632. The van der Waals surface area contributed by atoms with Gasteiger partial charge in [0.15, 0.2) is 0 Å². The van der Waals surface area contributed by atoms with Gasteiger partial charge in [-0.25, -0.2) is 9.67 Å². The van der Waals surface area contributed by atoms with Crippen LogP contribution in [-0.2, 0) is 18.4 Å². The fraction of sp³-hybridized carbons (Fsp3) is 0.500. The van der Waals surface area contributed by atoms with Gasteiger partial charge in [-0.3, -0.25) is 0 Å². The number of aromatic nitrogens is 3. The van der Waals surface area contributed by atoms with Crippen molar-refractivity contribution in [3.63, 3.8) is 0 Å². The minimum atomic E-state index is -0.805. The molecule has 1 aliphatic carbocycles. The van der Waals surface area contributed by atoms with Crippen molar-refractivity contribution in [2.24, 2.45) is 0 Å². The first-order valence-electron chi connectivity index (χ1n) is 7.20. The van der Waals surface area contributed by atoms with E-state index in [0.29, 0.717) is 6.42 Å². The lowest BCUT2D eigenvalue weighted by molar-refractivity contribution is 0.0355. The van der Waals surface area contributed by atoms with E-state index in [9.17, 15) is 5.11 Å². The molecule has 0 aliphatic heterocycles. The monoisotopic (exact) mass is 271 g/mol. The van der Waals surface area contributed by atoms with Crippen LogP contribution >= 0.6 is 0 Å². The maximum atomic E-state index is 11.1. The Morgan fingerprint density at radius 2 is 2.20 bits per heavy atom. The number of nitrogens with zero attached hydrogens (tertiary/aromatic N) is 3. The van der Waals surface area contributed by atoms with Gasteiger partial charge in [0.25, 0.3) is 0 Å². The predicted octanol–water partition coefficient (Wildman–Crippen LogP) is 2.54. The minimum Gasteiger partial charge on any atom is -0.385 e. The van der Waals surface area contributed by atoms with Crippen molar-refractivity contribution in [3.8, 4) is 0 Å². The molecule has 1 heterocycles. The highest BCUT2D eigenvalue weighted by Gasteiger charge is 2.38. The second kappa shape index (κ2) is 4.70. The summed E-state index contributed by atoms with van der Waals surface area (Å²) in [6, 6.07) is 6.62. The van der Waals surface area contributed by atoms with Crippen LogP contribution in [0.1, 0.15) is 48.8 Å². The van der Waals surface area contributed by atoms with Crippen molar-refractivity contribution in [2.45, 2.75) is 51.7 Å². The van der Waals surface area contributed by atoms with Crippen molar-refractivity contribution < 1.29 is 5.11 Å². The Labute approximate surface area is 119 Å². The van der Waals surface area contributed by atoms with E-state index in [1.165, 1.54) is 11.1 Å². The molecule has 4 heteroatoms. The van der Waals surface area contributed by atoms with E-state index in [1.54, 1.807) is 6.33 Å². The summed E-state index contributed by atoms with van der Waals surface area (Å²) in [7, 11) is 0. The van der Waals surface area contributed by atoms with Crippen molar-refractivity contribution in [2.75, 3.05) is 0 Å². The normalized spacial score (nSPS) is 21.4. The summed E-state index contributed by atoms with van der Waals surface area (Å²) >= 11 is 0. The highest BCUT2D eigenvalue weighted by atomic mass is 16.3. The third kappa shape index (κ3) is 2.14. The average molecular weight is 271 g/mol. The standard InChI is InChI=1S/C16H21N3O/c1-11(2)19-15(17-10-18-19)9-16(20)7-6-13-5-4-12(3)8-14(13)16/h4-5,8,10-11,20H,6-7,9H2,1-3H3. The highest BCUT2D eigenvalue weighted by Crippen LogP contribution is 2.39. The third-order valence-corrected chi connectivity index (χ3v) is 4.16. The zero-order valence-electron chi connectivity index (χ0n) is 12.3. The quantitative estimate of drug-likeness (QED) is 0.933. The maximum absolute atomic E-state index is 11.1. The molecule has 2 aromatic rings. The number of benzene rings is 1. The van der Waals surface area contributed by atoms with Crippen LogP contribution in [0.5, 0.6) is 0 Å². The molecular weight excluding hydrogens is 250 g/mol. The molecule has 0 amide bonds. The Kier molecular flexibility index (Phi) is 3.13. The van der Waals surface area contributed by atoms with Crippen molar-refractivity contribution in [1.29, 1.82) is 0 Å². The van der Waals surface area contributed by atoms with Crippen LogP contribution in [0.15, 0.2) is 24.5 Å². The van der Waals surface area contributed by atoms with Gasteiger partial charge in [-0.2, -0.15) is 5.10 Å². The number of aliphatic hydroxyl groups is 1. The van der Waals surface area contributed by atoms with Gasteiger partial charge in [0.1, 0.15) is 12.2 Å². The molecule has 4 nitrogen and oxygen atoms in total. The van der Waals surface area contributed by atoms with Crippen LogP contribution < -0.4 is 0 Å². The molecule has 0 saturated carbocycles. The summed E-state index contributed by atoms with van der Waals surface area (Å²) in [4.78, 5) is 4.33. The first-order chi connectivity index (χ1) is 9.49. The van der Waals surface area contributed by atoms with Crippen LogP contribution in [0.2, 0.25) is 0 Å². The fourth-order valence-electron chi connectivity index (χ4n) is 3.09. The first kappa shape index (κ1) is 13.3. The minimum absolute atomic E-state index is 0.259. The van der Waals surface area contributed by atoms with Crippen molar-refractivity contribution >= 4 is 0 Å². The van der Waals surface area contributed by atoms with Crippen LogP contribution in [-0.4, -0.2) is 19.9 Å². The lowest BCUT2D eigenvalue weighted by Crippen LogP contribution is -2.28. The summed E-state index contributed by atoms with van der Waals surface area (Å²) in [5.41, 5.74) is 2.71. The Morgan fingerprint density at radius 3 is 2.95 bits per heavy atom. The molecule has 1 unspecified atom stereocenters. The molecular formula is C16H21N3O. The summed E-state index contributed by atoms with van der Waals surface area (Å²) in [5.74, 6) is 0.858. The zero-order valence-corrected chi connectivity index (χ0v) is 12.3. The molecule has 1 atom stereocenters. The SMILES string of the molecule is Cc1ccc2c(c1)C(O)(Cc1ncnn1C(C)C)CC2. The average Bonchev–Trinajstić information content (AvgIpc) is 2.96. The van der Waals surface area contributed by atoms with Crippen LogP contribution in [0.25, 0.3) is 0 Å². The molecule has 1 N–H and O–H groups in total. The van der Waals surface area contributed by atoms with Gasteiger partial charge in [-0.15, -0.1) is 0 Å². The zero-order chi connectivity index (χ0) is 14.3. The first-order valence-corrected chi connectivity index (χ1v) is 7.20. The van der Waals surface area contributed by atoms with Crippen molar-refractivity contribution in [3.05, 3.63) is 47.0 Å². The van der Waals surface area contributed by atoms with Gasteiger partial charge in [-0.05, 0) is 44.7 Å². The molecule has 3 rings (SSSR count). The van der Waals surface area contributed by atoms with E-state index in [2.05, 4.69) is 49.1 Å². The molecule has 1 aromatic heterocycles. The smallest absolute Gasteiger partial charge is 0.138 e. The molecule has 106 valence electrons. The van der Waals surface area contributed by atoms with E-state index >= 15 is 0 Å². The highest BCUT2D eigenvalue weighted by molar-refractivity contribution is 5.40. The lowest BCUT2D eigenvalue weighted by atomic mass is 9.91. The summed E-state index contributed by atoms with van der Waals surface area (Å²) < 4.78 is 1.89. The molecule has 0 saturated heterocycles.